The molecule has 0 spiro atoms. The van der Waals surface area contributed by atoms with Crippen LogP contribution in [0.1, 0.15) is 13.8 Å². The highest BCUT2D eigenvalue weighted by Crippen LogP contribution is 1.93. The van der Waals surface area contributed by atoms with Crippen molar-refractivity contribution in [2.75, 3.05) is 19.2 Å². The van der Waals surface area contributed by atoms with E-state index >= 15 is 0 Å². The first kappa shape index (κ1) is 13.3. The smallest absolute Gasteiger partial charge is 0.325 e. The second kappa shape index (κ2) is 5.94. The molecule has 0 aromatic rings. The van der Waals surface area contributed by atoms with Gasteiger partial charge in [0.1, 0.15) is 0 Å². The molecule has 7 heteroatoms. The highest BCUT2D eigenvalue weighted by Gasteiger charge is 2.13. The molecule has 1 N–H and O–H groups in total. The van der Waals surface area contributed by atoms with Crippen LogP contribution in [0.15, 0.2) is 0 Å². The molecule has 0 saturated heterocycles. The predicted octanol–water partition coefficient (Wildman–Crippen LogP) is 0.0475. The van der Waals surface area contributed by atoms with Crippen molar-refractivity contribution in [2.45, 2.75) is 13.8 Å². The van der Waals surface area contributed by atoms with Gasteiger partial charge in [-0.3, -0.25) is 9.35 Å². The molecule has 0 aromatic carbocycles. The summed E-state index contributed by atoms with van der Waals surface area (Å²) in [5.74, 6) is -1.77. The monoisotopic (exact) mass is 226 g/mol. The molecule has 0 heterocycles. The lowest BCUT2D eigenvalue weighted by Gasteiger charge is -2.06. The second-order valence-corrected chi connectivity index (χ2v) is 4.58. The number of carbonyl (C=O) groups excluding carboxylic acids is 1. The Morgan fingerprint density at radius 2 is 2.00 bits per heavy atom. The first-order valence-electron chi connectivity index (χ1n) is 4.00. The molecule has 0 amide bonds. The van der Waals surface area contributed by atoms with Gasteiger partial charge in [-0.2, -0.15) is 8.42 Å². The summed E-state index contributed by atoms with van der Waals surface area (Å²) in [6.07, 6.45) is 0. The minimum atomic E-state index is -4.31. The van der Waals surface area contributed by atoms with Crippen molar-refractivity contribution in [1.29, 1.82) is 0 Å². The molecule has 6 nitrogen and oxygen atoms in total. The minimum absolute atomic E-state index is 0.299. The molecule has 0 fully saturated rings. The zero-order valence-electron chi connectivity index (χ0n) is 8.10. The molecule has 0 bridgehead atoms. The molecule has 0 aliphatic carbocycles. The number of carbonyl (C=O) groups is 1. The molecule has 0 atom stereocenters. The summed E-state index contributed by atoms with van der Waals surface area (Å²) in [5.41, 5.74) is 0. The quantitative estimate of drug-likeness (QED) is 0.298. The summed E-state index contributed by atoms with van der Waals surface area (Å²) < 4.78 is 37.9. The van der Waals surface area contributed by atoms with Crippen LogP contribution in [0.2, 0.25) is 0 Å². The van der Waals surface area contributed by atoms with Crippen molar-refractivity contribution < 1.29 is 27.2 Å². The Balaban J connectivity index is 3.56. The van der Waals surface area contributed by atoms with Gasteiger partial charge < -0.3 is 9.47 Å². The van der Waals surface area contributed by atoms with Crippen molar-refractivity contribution in [1.82, 2.24) is 0 Å². The van der Waals surface area contributed by atoms with Gasteiger partial charge in [0, 0.05) is 0 Å². The minimum Gasteiger partial charge on any atom is -0.438 e. The van der Waals surface area contributed by atoms with E-state index in [0.717, 1.165) is 0 Å². The van der Waals surface area contributed by atoms with Crippen molar-refractivity contribution in [2.24, 2.45) is 5.92 Å². The lowest BCUT2D eigenvalue weighted by atomic mass is 10.2. The topological polar surface area (TPSA) is 89.9 Å². The van der Waals surface area contributed by atoms with Crippen molar-refractivity contribution >= 4 is 16.1 Å². The Morgan fingerprint density at radius 3 is 2.43 bits per heavy atom. The van der Waals surface area contributed by atoms with E-state index < -0.39 is 21.8 Å². The summed E-state index contributed by atoms with van der Waals surface area (Å²) >= 11 is 0. The second-order valence-electron chi connectivity index (χ2n) is 3.13. The number of rotatable bonds is 6. The Labute approximate surface area is 82.9 Å². The molecule has 14 heavy (non-hydrogen) atoms. The van der Waals surface area contributed by atoms with Gasteiger partial charge in [0.25, 0.3) is 10.1 Å². The molecule has 0 saturated carbocycles. The van der Waals surface area contributed by atoms with Crippen LogP contribution in [-0.4, -0.2) is 38.1 Å². The average molecular weight is 226 g/mol. The maximum Gasteiger partial charge on any atom is 0.325 e. The average Bonchev–Trinajstić information content (AvgIpc) is 1.94. The molecular weight excluding hydrogens is 212 g/mol. The molecule has 0 unspecified atom stereocenters. The summed E-state index contributed by atoms with van der Waals surface area (Å²) in [7, 11) is -4.31. The molecule has 0 aromatic heterocycles. The van der Waals surface area contributed by atoms with Gasteiger partial charge in [-0.15, -0.1) is 0 Å². The molecular formula is C7H14O6S. The largest absolute Gasteiger partial charge is 0.438 e. The highest BCUT2D eigenvalue weighted by molar-refractivity contribution is 7.86. The van der Waals surface area contributed by atoms with Crippen molar-refractivity contribution in [3.05, 3.63) is 0 Å². The summed E-state index contributed by atoms with van der Waals surface area (Å²) in [5, 5.41) is 0. The fraction of sp³-hybridized carbons (Fsp3) is 0.857. The van der Waals surface area contributed by atoms with Crippen LogP contribution in [0, 0.1) is 5.92 Å². The summed E-state index contributed by atoms with van der Waals surface area (Å²) in [6, 6.07) is 0. The van der Waals surface area contributed by atoms with E-state index in [0.29, 0.717) is 12.5 Å². The van der Waals surface area contributed by atoms with E-state index in [1.807, 2.05) is 13.8 Å². The van der Waals surface area contributed by atoms with Crippen LogP contribution in [-0.2, 0) is 24.4 Å². The van der Waals surface area contributed by atoms with Gasteiger partial charge in [-0.1, -0.05) is 13.8 Å². The Morgan fingerprint density at radius 1 is 1.43 bits per heavy atom. The summed E-state index contributed by atoms with van der Waals surface area (Å²) in [6.45, 7) is 3.95. The summed E-state index contributed by atoms with van der Waals surface area (Å²) in [4.78, 5) is 10.7. The Hall–Kier alpha value is -0.660. The first-order chi connectivity index (χ1) is 6.31. The predicted molar refractivity (Wildman–Crippen MR) is 48.2 cm³/mol. The maximum atomic E-state index is 10.7. The van der Waals surface area contributed by atoms with Crippen LogP contribution >= 0.6 is 0 Å². The van der Waals surface area contributed by atoms with Crippen LogP contribution in [0.25, 0.3) is 0 Å². The maximum absolute atomic E-state index is 10.7. The van der Waals surface area contributed by atoms with E-state index in [9.17, 15) is 13.2 Å². The van der Waals surface area contributed by atoms with E-state index in [4.69, 9.17) is 9.29 Å². The van der Waals surface area contributed by atoms with E-state index in [1.54, 1.807) is 0 Å². The SMILES string of the molecule is CC(C)COCOC(=O)CS(=O)(=O)O. The van der Waals surface area contributed by atoms with Crippen molar-refractivity contribution in [3.63, 3.8) is 0 Å². The van der Waals surface area contributed by atoms with Crippen LogP contribution in [0.4, 0.5) is 0 Å². The Kier molecular flexibility index (Phi) is 5.66. The zero-order valence-corrected chi connectivity index (χ0v) is 8.91. The lowest BCUT2D eigenvalue weighted by Crippen LogP contribution is -2.19. The Bertz CT molecular complexity index is 268. The molecule has 0 aliphatic rings. The van der Waals surface area contributed by atoms with Gasteiger partial charge in [-0.25, -0.2) is 0 Å². The van der Waals surface area contributed by atoms with Crippen LogP contribution in [0.5, 0.6) is 0 Å². The third-order valence-corrected chi connectivity index (χ3v) is 1.66. The van der Waals surface area contributed by atoms with E-state index in [1.165, 1.54) is 0 Å². The fourth-order valence-corrected chi connectivity index (χ4v) is 0.963. The van der Waals surface area contributed by atoms with Gasteiger partial charge in [0.05, 0.1) is 6.61 Å². The van der Waals surface area contributed by atoms with Gasteiger partial charge in [-0.05, 0) is 5.92 Å². The third kappa shape index (κ3) is 9.43. The van der Waals surface area contributed by atoms with Gasteiger partial charge >= 0.3 is 5.97 Å². The highest BCUT2D eigenvalue weighted by atomic mass is 32.2. The number of hydrogen-bond acceptors (Lipinski definition) is 5. The van der Waals surface area contributed by atoms with E-state index in [-0.39, 0.29) is 6.79 Å². The number of ether oxygens (including phenoxy) is 2. The molecule has 0 aliphatic heterocycles. The van der Waals surface area contributed by atoms with Gasteiger partial charge in [0.15, 0.2) is 12.5 Å². The van der Waals surface area contributed by atoms with Crippen LogP contribution < -0.4 is 0 Å². The fourth-order valence-electron chi connectivity index (χ4n) is 0.582. The van der Waals surface area contributed by atoms with E-state index in [2.05, 4.69) is 4.74 Å². The third-order valence-electron chi connectivity index (χ3n) is 1.05. The molecule has 84 valence electrons. The van der Waals surface area contributed by atoms with Crippen molar-refractivity contribution in [3.8, 4) is 0 Å². The van der Waals surface area contributed by atoms with Gasteiger partial charge in [0.2, 0.25) is 0 Å². The lowest BCUT2D eigenvalue weighted by molar-refractivity contribution is -0.153. The number of esters is 1. The first-order valence-corrected chi connectivity index (χ1v) is 5.60. The normalized spacial score (nSPS) is 11.7. The zero-order chi connectivity index (χ0) is 11.2. The van der Waals surface area contributed by atoms with Crippen LogP contribution in [0.3, 0.4) is 0 Å². The molecule has 0 rings (SSSR count). The number of hydrogen-bond donors (Lipinski definition) is 1. The molecule has 0 radical (unpaired) electrons. The standard InChI is InChI=1S/C7H14O6S/c1-6(2)3-12-5-13-7(8)4-14(9,10)11/h6H,3-5H2,1-2H3,(H,9,10,11).